The topological polar surface area (TPSA) is 32.3 Å². The number of nitrogens with one attached hydrogen (secondary N) is 1. The Kier molecular flexibility index (Phi) is 5.72. The summed E-state index contributed by atoms with van der Waals surface area (Å²) in [6.07, 6.45) is 0. The van der Waals surface area contributed by atoms with Crippen LogP contribution in [-0.4, -0.2) is 31.5 Å². The monoisotopic (exact) mass is 106 g/mol. The fraction of sp³-hybridized carbons (Fsp3) is 1.00. The molecule has 7 heavy (non-hydrogen) atoms. The molecule has 3 heteroatoms. The Hall–Kier alpha value is -0.150. The highest BCUT2D eigenvalue weighted by molar-refractivity contribution is 4.40. The van der Waals surface area contributed by atoms with Gasteiger partial charge >= 0.3 is 0 Å². The van der Waals surface area contributed by atoms with E-state index in [-0.39, 0.29) is 13.3 Å². The summed E-state index contributed by atoms with van der Waals surface area (Å²) in [4.78, 5) is 0. The summed E-state index contributed by atoms with van der Waals surface area (Å²) < 4.78 is 11.2. The maximum absolute atomic E-state index is 11.2. The Morgan fingerprint density at radius 2 is 2.14 bits per heavy atom. The van der Waals surface area contributed by atoms with Gasteiger partial charge in [-0.1, -0.05) is 0 Å². The van der Waals surface area contributed by atoms with Gasteiger partial charge in [0.1, 0.15) is 6.67 Å². The van der Waals surface area contributed by atoms with Crippen molar-refractivity contribution in [2.45, 2.75) is 0 Å². The first kappa shape index (κ1) is 6.85. The summed E-state index contributed by atoms with van der Waals surface area (Å²) in [5.74, 6) is 0. The lowest BCUT2D eigenvalue weighted by atomic mass is 10.6. The maximum Gasteiger partial charge on any atom is 0.102 e. The number of rotatable bonds is 4. The molecule has 0 aliphatic rings. The summed E-state index contributed by atoms with van der Waals surface area (Å²) >= 11 is 0. The summed E-state index contributed by atoms with van der Waals surface area (Å²) in [6, 6.07) is 0. The van der Waals surface area contributed by atoms with Crippen molar-refractivity contribution in [2.75, 3.05) is 26.4 Å². The summed E-state index contributed by atoms with van der Waals surface area (Å²) in [5, 5.41) is 10.8. The average molecular weight is 106 g/mol. The van der Waals surface area contributed by atoms with Gasteiger partial charge in [0.25, 0.3) is 0 Å². The van der Waals surface area contributed by atoms with Crippen molar-refractivity contribution in [1.29, 1.82) is 0 Å². The van der Waals surface area contributed by atoms with Crippen LogP contribution in [-0.2, 0) is 0 Å². The van der Waals surface area contributed by atoms with E-state index in [0.29, 0.717) is 13.1 Å². The predicted octanol–water partition coefficient (Wildman–Crippen LogP) is -0.462. The molecule has 0 amide bonds. The molecule has 0 heterocycles. The minimum absolute atomic E-state index is 0.0833. The summed E-state index contributed by atoms with van der Waals surface area (Å²) in [7, 11) is 0. The zero-order valence-corrected chi connectivity index (χ0v) is 4.15. The summed E-state index contributed by atoms with van der Waals surface area (Å²) in [6.45, 7) is 0.560. The molecule has 0 bridgehead atoms. The molecule has 0 aliphatic heterocycles. The molecule has 0 aromatic heterocycles. The zero-order valence-electron chi connectivity index (χ0n) is 4.15. The van der Waals surface area contributed by atoms with E-state index in [1.54, 1.807) is 0 Å². The van der Waals surface area contributed by atoms with E-state index < -0.39 is 0 Å². The van der Waals surface area contributed by atoms with Gasteiger partial charge in [-0.05, 0) is 0 Å². The number of hydrogen-bond acceptors (Lipinski definition) is 2. The molecule has 0 unspecified atom stereocenters. The molecule has 0 saturated heterocycles. The molecule has 44 valence electrons. The molecule has 0 atom stereocenters. The molecule has 0 saturated carbocycles. The van der Waals surface area contributed by atoms with Crippen LogP contribution >= 0.6 is 0 Å². The molecule has 0 aromatic rings. The van der Waals surface area contributed by atoms with Gasteiger partial charge in [0.2, 0.25) is 0 Å². The number of aliphatic hydroxyl groups excluding tert-OH is 1. The van der Waals surface area contributed by atoms with Crippen LogP contribution in [0.3, 0.4) is 0 Å². The van der Waals surface area contributed by atoms with Crippen LogP contribution in [0.15, 0.2) is 0 Å². The van der Waals surface area contributed by atoms with Crippen molar-refractivity contribution >= 4 is 0 Å². The normalized spacial score (nSPS) is 9.43. The van der Waals surface area contributed by atoms with E-state index in [9.17, 15) is 4.39 Å². The van der Waals surface area contributed by atoms with Gasteiger partial charge in [0.15, 0.2) is 0 Å². The average Bonchev–Trinajstić information content (AvgIpc) is 1.69. The van der Waals surface area contributed by atoms with E-state index in [4.69, 9.17) is 5.11 Å². The van der Waals surface area contributed by atoms with Crippen LogP contribution in [0.25, 0.3) is 0 Å². The van der Waals surface area contributed by atoms with Gasteiger partial charge < -0.3 is 10.4 Å². The lowest BCUT2D eigenvalue weighted by Crippen LogP contribution is -2.20. The van der Waals surface area contributed by atoms with Crippen molar-refractivity contribution in [3.05, 3.63) is 0 Å². The minimum atomic E-state index is -0.361. The number of halogens is 1. The highest BCUT2D eigenvalue weighted by Gasteiger charge is 1.79. The first-order valence-electron chi connectivity index (χ1n) is 2.29. The Labute approximate surface area is 42.3 Å². The maximum atomic E-state index is 11.2. The lowest BCUT2D eigenvalue weighted by Gasteiger charge is -1.93. The second-order valence-corrected chi connectivity index (χ2v) is 1.16. The van der Waals surface area contributed by atoms with E-state index in [0.717, 1.165) is 0 Å². The molecule has 2 N–H and O–H groups in total. The Bertz CT molecular complexity index is 30.9. The van der Waals surface area contributed by atoms with Crippen LogP contribution in [0.1, 0.15) is 0 Å². The third kappa shape index (κ3) is 5.85. The number of alkyl halides is 1. The highest BCUT2D eigenvalue weighted by Crippen LogP contribution is 1.60. The molecule has 0 radical (unpaired) electrons. The predicted molar refractivity (Wildman–Crippen MR) is 25.9 cm³/mol. The van der Waals surface area contributed by atoms with E-state index in [1.807, 2.05) is 0 Å². The van der Waals surface area contributed by atoms with Crippen LogP contribution in [0, 0.1) is 0 Å². The summed E-state index contributed by atoms with van der Waals surface area (Å²) in [5.41, 5.74) is 0. The fourth-order valence-corrected chi connectivity index (χ4v) is 0.271. The Balaban J connectivity index is 2.45. The molecular weight excluding hydrogens is 96.1 g/mol. The smallest absolute Gasteiger partial charge is 0.102 e. The van der Waals surface area contributed by atoms with Crippen molar-refractivity contribution in [1.82, 2.24) is 5.32 Å². The number of aliphatic hydroxyl groups is 1. The van der Waals surface area contributed by atoms with Crippen molar-refractivity contribution in [3.63, 3.8) is 0 Å². The van der Waals surface area contributed by atoms with Crippen LogP contribution < -0.4 is 5.32 Å². The lowest BCUT2D eigenvalue weighted by molar-refractivity contribution is 0.290. The van der Waals surface area contributed by atoms with Gasteiger partial charge in [-0.15, -0.1) is 0 Å². The molecule has 0 rings (SSSR count). The fourth-order valence-electron chi connectivity index (χ4n) is 0.271. The van der Waals surface area contributed by atoms with Gasteiger partial charge in [-0.2, -0.15) is 0 Å². The Morgan fingerprint density at radius 3 is 2.57 bits per heavy atom. The van der Waals surface area contributed by atoms with Gasteiger partial charge in [-0.3, -0.25) is 0 Å². The molecular formula is C4H10FNO. The first-order valence-corrected chi connectivity index (χ1v) is 2.29. The van der Waals surface area contributed by atoms with Crippen molar-refractivity contribution < 1.29 is 9.50 Å². The van der Waals surface area contributed by atoms with Gasteiger partial charge in [0, 0.05) is 13.1 Å². The minimum Gasteiger partial charge on any atom is -0.395 e. The number of hydrogen-bond donors (Lipinski definition) is 2. The molecule has 2 nitrogen and oxygen atoms in total. The van der Waals surface area contributed by atoms with E-state index >= 15 is 0 Å². The molecule has 0 aromatic carbocycles. The SMILES string of the molecule is OCCNCC[18F]. The van der Waals surface area contributed by atoms with Gasteiger partial charge in [-0.25, -0.2) is 4.39 Å². The molecule has 0 spiro atoms. The second kappa shape index (κ2) is 5.85. The zero-order chi connectivity index (χ0) is 5.54. The van der Waals surface area contributed by atoms with Crippen molar-refractivity contribution in [2.24, 2.45) is 0 Å². The largest absolute Gasteiger partial charge is 0.395 e. The standard InChI is InChI=1S/C4H10FNO/c5-1-2-6-3-4-7/h6-7H,1-4H2/i5-1. The van der Waals surface area contributed by atoms with E-state index in [1.165, 1.54) is 0 Å². The molecule has 0 fully saturated rings. The molecule has 0 aliphatic carbocycles. The van der Waals surface area contributed by atoms with Crippen LogP contribution in [0.4, 0.5) is 4.39 Å². The second-order valence-electron chi connectivity index (χ2n) is 1.16. The first-order chi connectivity index (χ1) is 3.41. The van der Waals surface area contributed by atoms with Crippen LogP contribution in [0.5, 0.6) is 0 Å². The quantitative estimate of drug-likeness (QED) is 0.475. The van der Waals surface area contributed by atoms with Crippen molar-refractivity contribution in [3.8, 4) is 0 Å². The Morgan fingerprint density at radius 1 is 1.43 bits per heavy atom. The third-order valence-electron chi connectivity index (χ3n) is 0.560. The van der Waals surface area contributed by atoms with Crippen LogP contribution in [0.2, 0.25) is 0 Å². The third-order valence-corrected chi connectivity index (χ3v) is 0.560. The highest BCUT2D eigenvalue weighted by atomic mass is 18.2. The van der Waals surface area contributed by atoms with Gasteiger partial charge in [0.05, 0.1) is 6.61 Å². The van der Waals surface area contributed by atoms with E-state index in [2.05, 4.69) is 5.32 Å².